The van der Waals surface area contributed by atoms with Gasteiger partial charge in [0.2, 0.25) is 6.41 Å². The molecular formula is C23H27N7O. The number of benzene rings is 1. The van der Waals surface area contributed by atoms with E-state index in [1.54, 1.807) is 30.3 Å². The third-order valence-electron chi connectivity index (χ3n) is 5.08. The molecule has 1 aliphatic heterocycles. The van der Waals surface area contributed by atoms with Gasteiger partial charge in [0.1, 0.15) is 17.5 Å². The highest BCUT2D eigenvalue weighted by molar-refractivity contribution is 6.19. The molecule has 5 N–H and O–H groups in total. The predicted octanol–water partition coefficient (Wildman–Crippen LogP) is 3.90. The number of pyridine rings is 1. The number of nitrogens with two attached hydrogens (primary N) is 1. The van der Waals surface area contributed by atoms with Crippen LogP contribution in [0.25, 0.3) is 5.57 Å². The van der Waals surface area contributed by atoms with Crippen LogP contribution in [-0.4, -0.2) is 29.6 Å². The summed E-state index contributed by atoms with van der Waals surface area (Å²) in [6.45, 7) is 6.11. The van der Waals surface area contributed by atoms with Gasteiger partial charge in [0, 0.05) is 18.7 Å². The molecule has 0 radical (unpaired) electrons. The summed E-state index contributed by atoms with van der Waals surface area (Å²) < 4.78 is 0. The molecule has 0 fully saturated rings. The summed E-state index contributed by atoms with van der Waals surface area (Å²) in [7, 11) is 0. The number of amides is 1. The summed E-state index contributed by atoms with van der Waals surface area (Å²) in [5.41, 5.74) is 9.94. The van der Waals surface area contributed by atoms with Gasteiger partial charge in [-0.15, -0.1) is 0 Å². The Kier molecular flexibility index (Phi) is 6.49. The highest BCUT2D eigenvalue weighted by Crippen LogP contribution is 2.40. The Morgan fingerprint density at radius 2 is 2.06 bits per heavy atom. The van der Waals surface area contributed by atoms with Gasteiger partial charge >= 0.3 is 0 Å². The Balaban J connectivity index is 2.25. The lowest BCUT2D eigenvalue weighted by Crippen LogP contribution is -2.38. The van der Waals surface area contributed by atoms with Crippen molar-refractivity contribution in [3.63, 3.8) is 0 Å². The Morgan fingerprint density at radius 1 is 1.29 bits per heavy atom. The molecule has 3 rings (SSSR count). The molecule has 31 heavy (non-hydrogen) atoms. The Labute approximate surface area is 182 Å². The van der Waals surface area contributed by atoms with Crippen LogP contribution in [0.1, 0.15) is 26.3 Å². The zero-order chi connectivity index (χ0) is 22.5. The second-order valence-corrected chi connectivity index (χ2v) is 7.35. The normalized spacial score (nSPS) is 16.8. The second kappa shape index (κ2) is 9.25. The van der Waals surface area contributed by atoms with Crippen molar-refractivity contribution in [2.45, 2.75) is 20.8 Å². The number of amidine groups is 2. The van der Waals surface area contributed by atoms with Gasteiger partial charge in [0.15, 0.2) is 0 Å². The lowest BCUT2D eigenvalue weighted by molar-refractivity contribution is -0.108. The number of rotatable bonds is 5. The molecule has 0 saturated heterocycles. The largest absolute Gasteiger partial charge is 0.384 e. The fourth-order valence-electron chi connectivity index (χ4n) is 3.61. The number of nitrogens with one attached hydrogen (secondary N) is 3. The van der Waals surface area contributed by atoms with Crippen LogP contribution in [0, 0.1) is 16.7 Å². The fraction of sp³-hybridized carbons (Fsp3) is 0.217. The number of anilines is 4. The van der Waals surface area contributed by atoms with Gasteiger partial charge in [-0.1, -0.05) is 25.1 Å². The summed E-state index contributed by atoms with van der Waals surface area (Å²) in [5, 5.41) is 19.6. The summed E-state index contributed by atoms with van der Waals surface area (Å²) >= 11 is 0. The number of nitrogens with zero attached hydrogens (tertiary/aromatic N) is 3. The summed E-state index contributed by atoms with van der Waals surface area (Å²) in [5.74, 6) is 0.939. The van der Waals surface area contributed by atoms with E-state index in [0.29, 0.717) is 24.6 Å². The third kappa shape index (κ3) is 4.48. The first-order chi connectivity index (χ1) is 14.9. The lowest BCUT2D eigenvalue weighted by atomic mass is 10.0. The Bertz CT molecular complexity index is 1060. The monoisotopic (exact) mass is 417 g/mol. The van der Waals surface area contributed by atoms with Gasteiger partial charge in [-0.3, -0.25) is 20.5 Å². The van der Waals surface area contributed by atoms with Crippen LogP contribution in [-0.2, 0) is 4.79 Å². The number of hydrogen-bond donors (Lipinski definition) is 4. The van der Waals surface area contributed by atoms with Crippen LogP contribution < -0.4 is 20.9 Å². The topological polar surface area (TPSA) is 122 Å². The molecule has 0 unspecified atom stereocenters. The summed E-state index contributed by atoms with van der Waals surface area (Å²) in [4.78, 5) is 18.8. The number of nitrogen functional groups attached to an aromatic ring is 1. The van der Waals surface area contributed by atoms with E-state index in [-0.39, 0.29) is 11.8 Å². The van der Waals surface area contributed by atoms with Crippen molar-refractivity contribution in [3.05, 3.63) is 60.4 Å². The molecule has 1 aromatic carbocycles. The predicted molar refractivity (Wildman–Crippen MR) is 127 cm³/mol. The van der Waals surface area contributed by atoms with Crippen LogP contribution >= 0.6 is 0 Å². The van der Waals surface area contributed by atoms with Crippen LogP contribution in [0.3, 0.4) is 0 Å². The Morgan fingerprint density at radius 3 is 2.68 bits per heavy atom. The molecular weight excluding hydrogens is 390 g/mol. The molecule has 0 spiro atoms. The zero-order valence-corrected chi connectivity index (χ0v) is 17.9. The standard InChI is InChI=1S/C23H27N7O/c1-4-5-18(11-27-14-31)17-6-8-20-21(10-17)29(19-7-9-22(25)28-12-19)13-15(2)23(26)30(20)16(3)24/h4-12,14-15,24,26H,13H2,1-3H3,(H2,25,28)(H,27,31)/b5-4-,18-11+,24-16?,26-23?/t15-/m1/s1. The second-order valence-electron chi connectivity index (χ2n) is 7.35. The minimum Gasteiger partial charge on any atom is -0.384 e. The van der Waals surface area contributed by atoms with Crippen molar-refractivity contribution < 1.29 is 4.79 Å². The number of carbonyl (C=O) groups is 1. The Hall–Kier alpha value is -3.94. The van der Waals surface area contributed by atoms with E-state index >= 15 is 0 Å². The van der Waals surface area contributed by atoms with Gasteiger partial charge in [0.05, 0.1) is 23.3 Å². The van der Waals surface area contributed by atoms with Gasteiger partial charge in [-0.25, -0.2) is 4.98 Å². The van der Waals surface area contributed by atoms with Crippen molar-refractivity contribution in [3.8, 4) is 0 Å². The first kappa shape index (κ1) is 21.8. The van der Waals surface area contributed by atoms with Gasteiger partial charge in [0.25, 0.3) is 0 Å². The van der Waals surface area contributed by atoms with E-state index in [2.05, 4.69) is 15.2 Å². The van der Waals surface area contributed by atoms with Gasteiger partial charge in [-0.2, -0.15) is 0 Å². The average molecular weight is 418 g/mol. The first-order valence-electron chi connectivity index (χ1n) is 9.97. The highest BCUT2D eigenvalue weighted by atomic mass is 16.1. The quantitative estimate of drug-likeness (QED) is 0.254. The minimum atomic E-state index is -0.129. The van der Waals surface area contributed by atoms with Crippen molar-refractivity contribution in [2.75, 3.05) is 22.1 Å². The third-order valence-corrected chi connectivity index (χ3v) is 5.08. The molecule has 8 nitrogen and oxygen atoms in total. The van der Waals surface area contributed by atoms with Crippen LogP contribution in [0.2, 0.25) is 0 Å². The molecule has 0 aliphatic carbocycles. The zero-order valence-electron chi connectivity index (χ0n) is 17.9. The smallest absolute Gasteiger partial charge is 0.211 e. The van der Waals surface area contributed by atoms with E-state index in [4.69, 9.17) is 16.6 Å². The number of fused-ring (bicyclic) bond motifs is 1. The lowest BCUT2D eigenvalue weighted by Gasteiger charge is -2.27. The molecule has 2 heterocycles. The molecule has 160 valence electrons. The van der Waals surface area contributed by atoms with Crippen LogP contribution in [0.15, 0.2) is 54.9 Å². The SMILES string of the molecule is C/C=C\C(=C/NC=O)c1ccc2c(c1)N(c1ccc(N)nc1)C[C@@H](C)C(=N)N2C(C)=N. The van der Waals surface area contributed by atoms with E-state index in [9.17, 15) is 4.79 Å². The van der Waals surface area contributed by atoms with E-state index in [0.717, 1.165) is 28.2 Å². The molecule has 1 aromatic heterocycles. The van der Waals surface area contributed by atoms with E-state index in [1.165, 1.54) is 0 Å². The summed E-state index contributed by atoms with van der Waals surface area (Å²) in [6, 6.07) is 9.49. The number of hydrogen-bond acceptors (Lipinski definition) is 6. The van der Waals surface area contributed by atoms with Crippen molar-refractivity contribution in [1.82, 2.24) is 10.3 Å². The maximum absolute atomic E-state index is 10.8. The average Bonchev–Trinajstić information content (AvgIpc) is 2.86. The molecule has 8 heteroatoms. The van der Waals surface area contributed by atoms with Crippen molar-refractivity contribution >= 4 is 46.5 Å². The van der Waals surface area contributed by atoms with Gasteiger partial charge in [-0.05, 0) is 49.2 Å². The molecule has 1 atom stereocenters. The van der Waals surface area contributed by atoms with Gasteiger partial charge < -0.3 is 16.0 Å². The summed E-state index contributed by atoms with van der Waals surface area (Å²) in [6.07, 6.45) is 7.80. The first-order valence-corrected chi connectivity index (χ1v) is 9.97. The van der Waals surface area contributed by atoms with Crippen LogP contribution in [0.5, 0.6) is 0 Å². The van der Waals surface area contributed by atoms with E-state index < -0.39 is 0 Å². The maximum atomic E-state index is 10.8. The minimum absolute atomic E-state index is 0.129. The molecule has 1 aliphatic rings. The molecule has 0 bridgehead atoms. The number of allylic oxidation sites excluding steroid dienone is 3. The number of carbonyl (C=O) groups excluding carboxylic acids is 1. The highest BCUT2D eigenvalue weighted by Gasteiger charge is 2.31. The fourth-order valence-corrected chi connectivity index (χ4v) is 3.61. The molecule has 2 aromatic rings. The molecule has 0 saturated carbocycles. The maximum Gasteiger partial charge on any atom is 0.211 e. The van der Waals surface area contributed by atoms with E-state index in [1.807, 2.05) is 50.3 Å². The van der Waals surface area contributed by atoms with Crippen molar-refractivity contribution in [1.29, 1.82) is 10.8 Å². The van der Waals surface area contributed by atoms with Crippen molar-refractivity contribution in [2.24, 2.45) is 5.92 Å². The molecule has 1 amide bonds. The number of aromatic nitrogens is 1. The van der Waals surface area contributed by atoms with Crippen LogP contribution in [0.4, 0.5) is 22.9 Å².